The summed E-state index contributed by atoms with van der Waals surface area (Å²) in [5.74, 6) is 1.03. The van der Waals surface area contributed by atoms with E-state index in [1.165, 1.54) is 4.90 Å². The highest BCUT2D eigenvalue weighted by Gasteiger charge is 2.43. The first-order valence-electron chi connectivity index (χ1n) is 9.74. The molecule has 0 radical (unpaired) electrons. The van der Waals surface area contributed by atoms with Crippen molar-refractivity contribution in [3.05, 3.63) is 48.3 Å². The molecule has 3 atom stereocenters. The van der Waals surface area contributed by atoms with Crippen LogP contribution in [0.15, 0.2) is 36.8 Å². The molecule has 28 heavy (non-hydrogen) atoms. The molecule has 1 saturated heterocycles. The summed E-state index contributed by atoms with van der Waals surface area (Å²) in [4.78, 5) is 42.0. The molecule has 144 valence electrons. The fourth-order valence-corrected chi connectivity index (χ4v) is 4.46. The first kappa shape index (κ1) is 17.0. The lowest BCUT2D eigenvalue weighted by Crippen LogP contribution is -2.43. The first-order chi connectivity index (χ1) is 13.7. The molecule has 3 N–H and O–H groups in total. The van der Waals surface area contributed by atoms with E-state index in [0.717, 1.165) is 48.2 Å². The van der Waals surface area contributed by atoms with Crippen molar-refractivity contribution in [1.82, 2.24) is 30.2 Å². The molecule has 8 nitrogen and oxygen atoms in total. The average molecular weight is 378 g/mol. The highest BCUT2D eigenvalue weighted by atomic mass is 16.2. The minimum absolute atomic E-state index is 0.0915. The SMILES string of the molecule is O=C1N[C@@H](Cc2cnc[nH]2)C(=O)N1C1CCCC(c2nc3ccccc3[nH]2)C1. The van der Waals surface area contributed by atoms with E-state index >= 15 is 0 Å². The number of carbonyl (C=O) groups excluding carboxylic acids is 2. The van der Waals surface area contributed by atoms with E-state index in [1.807, 2.05) is 24.3 Å². The Balaban J connectivity index is 1.33. The lowest BCUT2D eigenvalue weighted by molar-refractivity contribution is -0.129. The molecular formula is C20H22N6O2. The molecule has 2 unspecified atom stereocenters. The van der Waals surface area contributed by atoms with Crippen LogP contribution in [0.2, 0.25) is 0 Å². The van der Waals surface area contributed by atoms with Crippen molar-refractivity contribution in [2.45, 2.75) is 50.1 Å². The molecule has 1 saturated carbocycles. The van der Waals surface area contributed by atoms with Gasteiger partial charge in [-0.15, -0.1) is 0 Å². The minimum atomic E-state index is -0.528. The number of imide groups is 1. The third kappa shape index (κ3) is 2.94. The molecule has 2 fully saturated rings. The van der Waals surface area contributed by atoms with Gasteiger partial charge in [-0.1, -0.05) is 18.6 Å². The van der Waals surface area contributed by atoms with Gasteiger partial charge in [0, 0.05) is 30.3 Å². The van der Waals surface area contributed by atoms with Gasteiger partial charge in [-0.05, 0) is 31.4 Å². The number of nitrogens with zero attached hydrogens (tertiary/aromatic N) is 3. The summed E-state index contributed by atoms with van der Waals surface area (Å²) < 4.78 is 0. The summed E-state index contributed by atoms with van der Waals surface area (Å²) in [6, 6.07) is 7.07. The van der Waals surface area contributed by atoms with Gasteiger partial charge in [-0.2, -0.15) is 0 Å². The highest BCUT2D eigenvalue weighted by Crippen LogP contribution is 2.35. The van der Waals surface area contributed by atoms with Crippen LogP contribution in [0, 0.1) is 0 Å². The fraction of sp³-hybridized carbons (Fsp3) is 0.400. The number of benzene rings is 1. The predicted molar refractivity (Wildman–Crippen MR) is 103 cm³/mol. The number of aromatic amines is 2. The molecule has 1 aromatic carbocycles. The van der Waals surface area contributed by atoms with Crippen LogP contribution in [0.3, 0.4) is 0 Å². The van der Waals surface area contributed by atoms with Gasteiger partial charge < -0.3 is 15.3 Å². The monoisotopic (exact) mass is 378 g/mol. The number of hydrogen-bond donors (Lipinski definition) is 3. The van der Waals surface area contributed by atoms with Crippen LogP contribution in [0.1, 0.15) is 43.1 Å². The van der Waals surface area contributed by atoms with E-state index in [-0.39, 0.29) is 23.9 Å². The van der Waals surface area contributed by atoms with Crippen LogP contribution in [-0.4, -0.2) is 48.9 Å². The number of rotatable bonds is 4. The third-order valence-electron chi connectivity index (χ3n) is 5.84. The maximum absolute atomic E-state index is 12.9. The molecule has 3 amide bonds. The zero-order chi connectivity index (χ0) is 19.1. The Morgan fingerprint density at radius 2 is 2.07 bits per heavy atom. The number of para-hydroxylation sites is 2. The first-order valence-corrected chi connectivity index (χ1v) is 9.74. The molecule has 8 heteroatoms. The van der Waals surface area contributed by atoms with Crippen LogP contribution in [-0.2, 0) is 11.2 Å². The van der Waals surface area contributed by atoms with E-state index in [1.54, 1.807) is 12.5 Å². The van der Waals surface area contributed by atoms with Crippen LogP contribution in [0.5, 0.6) is 0 Å². The summed E-state index contributed by atoms with van der Waals surface area (Å²) in [6.45, 7) is 0. The zero-order valence-electron chi connectivity index (χ0n) is 15.4. The van der Waals surface area contributed by atoms with Crippen molar-refractivity contribution in [3.63, 3.8) is 0 Å². The Labute approximate surface area is 161 Å². The maximum Gasteiger partial charge on any atom is 0.325 e. The maximum atomic E-state index is 12.9. The zero-order valence-corrected chi connectivity index (χ0v) is 15.4. The Kier molecular flexibility index (Phi) is 4.11. The molecule has 2 aromatic heterocycles. The summed E-state index contributed by atoms with van der Waals surface area (Å²) in [6.07, 6.45) is 7.25. The number of nitrogens with one attached hydrogen (secondary N) is 3. The lowest BCUT2D eigenvalue weighted by atomic mass is 9.84. The third-order valence-corrected chi connectivity index (χ3v) is 5.84. The Hall–Kier alpha value is -3.16. The average Bonchev–Trinajstić information content (AvgIpc) is 3.42. The number of amides is 3. The second-order valence-corrected chi connectivity index (χ2v) is 7.65. The van der Waals surface area contributed by atoms with Gasteiger partial charge in [-0.25, -0.2) is 14.8 Å². The number of fused-ring (bicyclic) bond motifs is 1. The lowest BCUT2D eigenvalue weighted by Gasteiger charge is -2.32. The van der Waals surface area contributed by atoms with Crippen LogP contribution in [0.4, 0.5) is 4.79 Å². The number of urea groups is 1. The molecule has 3 aromatic rings. The van der Waals surface area contributed by atoms with E-state index in [0.29, 0.717) is 6.42 Å². The van der Waals surface area contributed by atoms with E-state index in [2.05, 4.69) is 20.3 Å². The van der Waals surface area contributed by atoms with E-state index in [9.17, 15) is 9.59 Å². The fourth-order valence-electron chi connectivity index (χ4n) is 4.46. The molecule has 0 spiro atoms. The molecular weight excluding hydrogens is 356 g/mol. The Morgan fingerprint density at radius 3 is 2.89 bits per heavy atom. The molecule has 2 aliphatic rings. The minimum Gasteiger partial charge on any atom is -0.348 e. The highest BCUT2D eigenvalue weighted by molar-refractivity contribution is 6.04. The molecule has 1 aliphatic heterocycles. The van der Waals surface area contributed by atoms with Crippen molar-refractivity contribution in [3.8, 4) is 0 Å². The van der Waals surface area contributed by atoms with Gasteiger partial charge in [-0.3, -0.25) is 9.69 Å². The summed E-state index contributed by atoms with van der Waals surface area (Å²) in [5, 5.41) is 2.83. The van der Waals surface area contributed by atoms with Crippen LogP contribution >= 0.6 is 0 Å². The predicted octanol–water partition coefficient (Wildman–Crippen LogP) is 2.48. The van der Waals surface area contributed by atoms with Gasteiger partial charge in [0.2, 0.25) is 0 Å². The Morgan fingerprint density at radius 1 is 1.18 bits per heavy atom. The number of hydrogen-bond acceptors (Lipinski definition) is 4. The van der Waals surface area contributed by atoms with Gasteiger partial charge in [0.15, 0.2) is 0 Å². The molecule has 1 aliphatic carbocycles. The standard InChI is InChI=1S/C20H22N6O2/c27-19-17(9-13-10-21-11-22-13)25-20(28)26(19)14-5-3-4-12(8-14)18-23-15-6-1-2-7-16(15)24-18/h1-2,6-7,10-12,14,17H,3-5,8-9H2,(H,21,22)(H,23,24)(H,25,28)/t12?,14?,17-/m0/s1. The number of H-pyrrole nitrogens is 2. The second-order valence-electron chi connectivity index (χ2n) is 7.65. The molecule has 3 heterocycles. The summed E-state index contributed by atoms with van der Waals surface area (Å²) in [7, 11) is 0. The van der Waals surface area contributed by atoms with Gasteiger partial charge >= 0.3 is 6.03 Å². The topological polar surface area (TPSA) is 107 Å². The van der Waals surface area contributed by atoms with Gasteiger partial charge in [0.05, 0.1) is 17.4 Å². The van der Waals surface area contributed by atoms with Gasteiger partial charge in [0.1, 0.15) is 11.9 Å². The van der Waals surface area contributed by atoms with Crippen LogP contribution in [0.25, 0.3) is 11.0 Å². The summed E-state index contributed by atoms with van der Waals surface area (Å²) in [5.41, 5.74) is 2.81. The quantitative estimate of drug-likeness (QED) is 0.606. The van der Waals surface area contributed by atoms with Crippen molar-refractivity contribution in [2.75, 3.05) is 0 Å². The number of carbonyl (C=O) groups is 2. The smallest absolute Gasteiger partial charge is 0.325 e. The number of aromatic nitrogens is 4. The van der Waals surface area contributed by atoms with E-state index in [4.69, 9.17) is 4.98 Å². The van der Waals surface area contributed by atoms with Crippen molar-refractivity contribution in [1.29, 1.82) is 0 Å². The van der Waals surface area contributed by atoms with Crippen LogP contribution < -0.4 is 5.32 Å². The summed E-state index contributed by atoms with van der Waals surface area (Å²) >= 11 is 0. The largest absolute Gasteiger partial charge is 0.348 e. The number of imidazole rings is 2. The van der Waals surface area contributed by atoms with Crippen molar-refractivity contribution >= 4 is 23.0 Å². The molecule has 5 rings (SSSR count). The molecule has 0 bridgehead atoms. The van der Waals surface area contributed by atoms with E-state index < -0.39 is 6.04 Å². The normalized spacial score (nSPS) is 25.4. The Bertz CT molecular complexity index is 978. The van der Waals surface area contributed by atoms with Crippen molar-refractivity contribution < 1.29 is 9.59 Å². The van der Waals surface area contributed by atoms with Crippen molar-refractivity contribution in [2.24, 2.45) is 0 Å². The second kappa shape index (κ2) is 6.78. The van der Waals surface area contributed by atoms with Gasteiger partial charge in [0.25, 0.3) is 5.91 Å².